The van der Waals surface area contributed by atoms with Crippen LogP contribution in [0, 0.1) is 11.6 Å². The third-order valence-electron chi connectivity index (χ3n) is 3.49. The molecule has 0 N–H and O–H groups in total. The van der Waals surface area contributed by atoms with Crippen LogP contribution in [0.5, 0.6) is 0 Å². The number of amides is 2. The maximum Gasteiger partial charge on any atom is 0.289 e. The number of carbonyl (C=O) groups is 2. The van der Waals surface area contributed by atoms with Gasteiger partial charge < -0.3 is 0 Å². The highest BCUT2D eigenvalue weighted by atomic mass is 32.2. The molecule has 0 aliphatic carbocycles. The maximum absolute atomic E-state index is 13.6. The van der Waals surface area contributed by atoms with Crippen molar-refractivity contribution in [3.05, 3.63) is 29.8 Å². The van der Waals surface area contributed by atoms with E-state index in [-0.39, 0.29) is 24.7 Å². The second-order valence-electron chi connectivity index (χ2n) is 4.87. The number of sulfonamides is 1. The predicted molar refractivity (Wildman–Crippen MR) is 73.6 cm³/mol. The number of halogens is 2. The Labute approximate surface area is 129 Å². The van der Waals surface area contributed by atoms with E-state index in [2.05, 4.69) is 0 Å². The van der Waals surface area contributed by atoms with Crippen molar-refractivity contribution in [1.29, 1.82) is 0 Å². The molecule has 10 heteroatoms. The third-order valence-corrected chi connectivity index (χ3v) is 6.17. The fraction of sp³-hybridized carbons (Fsp3) is 0.333. The maximum atomic E-state index is 13.6. The first kappa shape index (κ1) is 15.4. The lowest BCUT2D eigenvalue weighted by Crippen LogP contribution is -2.62. The molecule has 2 aliphatic heterocycles. The van der Waals surface area contributed by atoms with E-state index < -0.39 is 37.8 Å². The molecule has 0 bridgehead atoms. The average molecular weight is 348 g/mol. The molecule has 0 spiro atoms. The highest BCUT2D eigenvalue weighted by Crippen LogP contribution is 2.30. The lowest BCUT2D eigenvalue weighted by molar-refractivity contribution is -0.127. The van der Waals surface area contributed by atoms with Gasteiger partial charge in [-0.2, -0.15) is 4.31 Å². The van der Waals surface area contributed by atoms with Crippen molar-refractivity contribution in [3.8, 4) is 0 Å². The molecule has 22 heavy (non-hydrogen) atoms. The first-order chi connectivity index (χ1) is 10.3. The van der Waals surface area contributed by atoms with E-state index in [0.29, 0.717) is 6.07 Å². The molecular formula is C12H10F2N2O4S2. The number of hydrogen-bond donors (Lipinski definition) is 0. The van der Waals surface area contributed by atoms with Gasteiger partial charge in [0.05, 0.1) is 11.8 Å². The van der Waals surface area contributed by atoms with Crippen LogP contribution in [0.2, 0.25) is 0 Å². The summed E-state index contributed by atoms with van der Waals surface area (Å²) in [6, 6.07) is 1.62. The normalized spacial score (nSPS) is 20.5. The van der Waals surface area contributed by atoms with Crippen LogP contribution in [0.15, 0.2) is 23.1 Å². The Hall–Kier alpha value is -1.52. The largest absolute Gasteiger partial charge is 0.289 e. The minimum absolute atomic E-state index is 0.0423. The molecule has 0 aromatic heterocycles. The van der Waals surface area contributed by atoms with Crippen LogP contribution in [0.3, 0.4) is 0 Å². The molecule has 2 saturated heterocycles. The van der Waals surface area contributed by atoms with Crippen molar-refractivity contribution in [2.75, 3.05) is 18.8 Å². The highest BCUT2D eigenvalue weighted by Gasteiger charge is 2.46. The molecule has 3 rings (SSSR count). The molecule has 118 valence electrons. The summed E-state index contributed by atoms with van der Waals surface area (Å²) in [5.41, 5.74) is 0. The molecule has 2 fully saturated rings. The van der Waals surface area contributed by atoms with Crippen LogP contribution >= 0.6 is 11.8 Å². The van der Waals surface area contributed by atoms with Crippen molar-refractivity contribution in [3.63, 3.8) is 0 Å². The molecule has 2 heterocycles. The van der Waals surface area contributed by atoms with Gasteiger partial charge in [0.15, 0.2) is 0 Å². The minimum Gasteiger partial charge on any atom is -0.273 e. The van der Waals surface area contributed by atoms with Gasteiger partial charge in [-0.25, -0.2) is 17.2 Å². The van der Waals surface area contributed by atoms with Gasteiger partial charge in [-0.15, -0.1) is 0 Å². The number of thioether (sulfide) groups is 1. The SMILES string of the molecule is O=C1CSC(=O)N1C1CN(S(=O)(=O)c2cc(F)ccc2F)C1. The van der Waals surface area contributed by atoms with Crippen LogP contribution in [0.1, 0.15) is 0 Å². The Morgan fingerprint density at radius 3 is 2.45 bits per heavy atom. The summed E-state index contributed by atoms with van der Waals surface area (Å²) < 4.78 is 52.1. The van der Waals surface area contributed by atoms with Gasteiger partial charge in [-0.1, -0.05) is 11.8 Å². The zero-order valence-electron chi connectivity index (χ0n) is 11.0. The number of carbonyl (C=O) groups excluding carboxylic acids is 2. The number of rotatable bonds is 3. The van der Waals surface area contributed by atoms with Crippen molar-refractivity contribution in [1.82, 2.24) is 9.21 Å². The van der Waals surface area contributed by atoms with Gasteiger partial charge in [0.25, 0.3) is 5.24 Å². The van der Waals surface area contributed by atoms with E-state index in [0.717, 1.165) is 33.1 Å². The van der Waals surface area contributed by atoms with Crippen LogP contribution in [-0.2, 0) is 14.8 Å². The number of imide groups is 1. The fourth-order valence-electron chi connectivity index (χ4n) is 2.31. The summed E-state index contributed by atoms with van der Waals surface area (Å²) in [6.07, 6.45) is 0. The Kier molecular flexibility index (Phi) is 3.69. The number of benzene rings is 1. The Morgan fingerprint density at radius 1 is 1.18 bits per heavy atom. The first-order valence-corrected chi connectivity index (χ1v) is 8.67. The van der Waals surface area contributed by atoms with Crippen molar-refractivity contribution in [2.45, 2.75) is 10.9 Å². The Bertz CT molecular complexity index is 746. The molecule has 0 radical (unpaired) electrons. The molecule has 1 aromatic carbocycles. The summed E-state index contributed by atoms with van der Waals surface area (Å²) in [4.78, 5) is 23.4. The van der Waals surface area contributed by atoms with Crippen LogP contribution in [0.4, 0.5) is 13.6 Å². The van der Waals surface area contributed by atoms with Crippen LogP contribution in [0.25, 0.3) is 0 Å². The predicted octanol–water partition coefficient (Wildman–Crippen LogP) is 1.03. The fourth-order valence-corrected chi connectivity index (χ4v) is 4.67. The van der Waals surface area contributed by atoms with Crippen LogP contribution < -0.4 is 0 Å². The molecule has 0 unspecified atom stereocenters. The Balaban J connectivity index is 1.78. The van der Waals surface area contributed by atoms with Crippen molar-refractivity contribution >= 4 is 32.9 Å². The molecular weight excluding hydrogens is 338 g/mol. The average Bonchev–Trinajstić information content (AvgIpc) is 2.71. The smallest absolute Gasteiger partial charge is 0.273 e. The highest BCUT2D eigenvalue weighted by molar-refractivity contribution is 8.14. The zero-order valence-corrected chi connectivity index (χ0v) is 12.7. The first-order valence-electron chi connectivity index (χ1n) is 6.24. The van der Waals surface area contributed by atoms with E-state index in [1.807, 2.05) is 0 Å². The van der Waals surface area contributed by atoms with Gasteiger partial charge in [0.2, 0.25) is 15.9 Å². The molecule has 6 nitrogen and oxygen atoms in total. The lowest BCUT2D eigenvalue weighted by Gasteiger charge is -2.41. The summed E-state index contributed by atoms with van der Waals surface area (Å²) in [5.74, 6) is -2.23. The standard InChI is InChI=1S/C12H10F2N2O4S2/c13-7-1-2-9(14)10(3-7)22(19,20)15-4-8(5-15)16-11(17)6-21-12(16)18/h1-3,8H,4-6H2. The van der Waals surface area contributed by atoms with E-state index in [1.165, 1.54) is 0 Å². The number of hydrogen-bond acceptors (Lipinski definition) is 5. The van der Waals surface area contributed by atoms with E-state index >= 15 is 0 Å². The Morgan fingerprint density at radius 2 is 1.86 bits per heavy atom. The van der Waals surface area contributed by atoms with Crippen LogP contribution in [-0.4, -0.2) is 53.7 Å². The van der Waals surface area contributed by atoms with E-state index in [9.17, 15) is 26.8 Å². The van der Waals surface area contributed by atoms with Gasteiger partial charge in [-0.05, 0) is 18.2 Å². The van der Waals surface area contributed by atoms with Gasteiger partial charge >= 0.3 is 0 Å². The van der Waals surface area contributed by atoms with Gasteiger partial charge in [0.1, 0.15) is 16.5 Å². The van der Waals surface area contributed by atoms with Crippen molar-refractivity contribution in [2.24, 2.45) is 0 Å². The molecule has 2 aliphatic rings. The topological polar surface area (TPSA) is 74.8 Å². The summed E-state index contributed by atoms with van der Waals surface area (Å²) in [6.45, 7) is -0.230. The van der Waals surface area contributed by atoms with Crippen molar-refractivity contribution < 1.29 is 26.8 Å². The molecule has 0 atom stereocenters. The second kappa shape index (κ2) is 5.28. The minimum atomic E-state index is -4.19. The molecule has 0 saturated carbocycles. The van der Waals surface area contributed by atoms with E-state index in [4.69, 9.17) is 0 Å². The second-order valence-corrected chi connectivity index (χ2v) is 7.70. The summed E-state index contributed by atoms with van der Waals surface area (Å²) in [5, 5.41) is -0.413. The van der Waals surface area contributed by atoms with Gasteiger partial charge in [-0.3, -0.25) is 14.5 Å². The van der Waals surface area contributed by atoms with E-state index in [1.54, 1.807) is 0 Å². The number of nitrogens with zero attached hydrogens (tertiary/aromatic N) is 2. The monoisotopic (exact) mass is 348 g/mol. The zero-order chi connectivity index (χ0) is 16.1. The lowest BCUT2D eigenvalue weighted by atomic mass is 10.1. The summed E-state index contributed by atoms with van der Waals surface area (Å²) >= 11 is 0.860. The molecule has 1 aromatic rings. The quantitative estimate of drug-likeness (QED) is 0.816. The molecule has 2 amide bonds. The summed E-state index contributed by atoms with van der Waals surface area (Å²) in [7, 11) is -4.19. The third kappa shape index (κ3) is 2.40. The van der Waals surface area contributed by atoms with Gasteiger partial charge in [0, 0.05) is 13.1 Å².